The molecule has 1 aromatic carbocycles. The predicted octanol–water partition coefficient (Wildman–Crippen LogP) is 2.55. The first-order valence-corrected chi connectivity index (χ1v) is 6.02. The molecule has 0 amide bonds. The summed E-state index contributed by atoms with van der Waals surface area (Å²) in [5.74, 6) is 0.702. The van der Waals surface area contributed by atoms with Crippen molar-refractivity contribution in [2.45, 2.75) is 32.0 Å². The normalized spacial score (nSPS) is 19.5. The first-order valence-electron chi connectivity index (χ1n) is 6.02. The first-order chi connectivity index (χ1) is 8.16. The van der Waals surface area contributed by atoms with Gasteiger partial charge in [0.1, 0.15) is 17.4 Å². The van der Waals surface area contributed by atoms with Crippen LogP contribution in [0, 0.1) is 12.8 Å². The number of benzene rings is 1. The molecule has 3 rings (SSSR count). The average molecular weight is 232 g/mol. The molecule has 2 atom stereocenters. The number of rotatable bonds is 3. The van der Waals surface area contributed by atoms with Gasteiger partial charge in [0.05, 0.1) is 6.10 Å². The summed E-state index contributed by atoms with van der Waals surface area (Å²) in [6.07, 6.45) is 0.389. The first kappa shape index (κ1) is 10.8. The fourth-order valence-electron chi connectivity index (χ4n) is 2.24. The van der Waals surface area contributed by atoms with Crippen LogP contribution in [0.3, 0.4) is 0 Å². The summed E-state index contributed by atoms with van der Waals surface area (Å²) < 4.78 is 5.65. The molecule has 90 valence electrons. The van der Waals surface area contributed by atoms with E-state index in [1.54, 1.807) is 0 Å². The fourth-order valence-corrected chi connectivity index (χ4v) is 2.24. The third-order valence-corrected chi connectivity index (χ3v) is 3.48. The van der Waals surface area contributed by atoms with Crippen LogP contribution in [-0.4, -0.2) is 16.3 Å². The smallest absolute Gasteiger partial charge is 0.138 e. The predicted molar refractivity (Wildman–Crippen MR) is 64.6 cm³/mol. The van der Waals surface area contributed by atoms with Crippen LogP contribution >= 0.6 is 0 Å². The minimum Gasteiger partial charge on any atom is -0.458 e. The Morgan fingerprint density at radius 3 is 2.71 bits per heavy atom. The van der Waals surface area contributed by atoms with E-state index in [0.717, 1.165) is 29.4 Å². The molecule has 2 aromatic rings. The molecule has 1 fully saturated rings. The quantitative estimate of drug-likeness (QED) is 0.855. The van der Waals surface area contributed by atoms with Crippen molar-refractivity contribution in [2.24, 2.45) is 5.92 Å². The molecule has 0 bridgehead atoms. The van der Waals surface area contributed by atoms with Crippen molar-refractivity contribution in [1.29, 1.82) is 0 Å². The standard InChI is InChI=1S/C14H16O3/c1-8-3-2-4-10-7-11(17-14(8)10)13(16)12(15)9-5-6-9/h2-4,7,9,12-13,15-16H,5-6H2,1H3. The van der Waals surface area contributed by atoms with E-state index in [-0.39, 0.29) is 5.92 Å². The summed E-state index contributed by atoms with van der Waals surface area (Å²) in [5.41, 5.74) is 1.84. The summed E-state index contributed by atoms with van der Waals surface area (Å²) in [5, 5.41) is 20.9. The third-order valence-electron chi connectivity index (χ3n) is 3.48. The molecule has 0 spiro atoms. The molecule has 0 saturated heterocycles. The average Bonchev–Trinajstić information content (AvgIpc) is 3.07. The van der Waals surface area contributed by atoms with Crippen molar-refractivity contribution >= 4 is 11.0 Å². The van der Waals surface area contributed by atoms with Crippen LogP contribution in [0.1, 0.15) is 30.3 Å². The van der Waals surface area contributed by atoms with Crippen molar-refractivity contribution in [1.82, 2.24) is 0 Å². The maximum absolute atomic E-state index is 10.0. The van der Waals surface area contributed by atoms with Crippen molar-refractivity contribution in [2.75, 3.05) is 0 Å². The van der Waals surface area contributed by atoms with Gasteiger partial charge in [-0.3, -0.25) is 0 Å². The Hall–Kier alpha value is -1.32. The molecule has 1 saturated carbocycles. The molecule has 3 heteroatoms. The van der Waals surface area contributed by atoms with E-state index in [2.05, 4.69) is 0 Å². The number of aryl methyl sites for hydroxylation is 1. The minimum absolute atomic E-state index is 0.235. The Morgan fingerprint density at radius 1 is 1.29 bits per heavy atom. The van der Waals surface area contributed by atoms with Gasteiger partial charge in [0.2, 0.25) is 0 Å². The van der Waals surface area contributed by atoms with Crippen molar-refractivity contribution in [3.63, 3.8) is 0 Å². The van der Waals surface area contributed by atoms with Crippen LogP contribution in [-0.2, 0) is 0 Å². The van der Waals surface area contributed by atoms with E-state index in [0.29, 0.717) is 5.76 Å². The second-order valence-electron chi connectivity index (χ2n) is 4.91. The highest BCUT2D eigenvalue weighted by molar-refractivity contribution is 5.80. The van der Waals surface area contributed by atoms with Crippen molar-refractivity contribution in [3.8, 4) is 0 Å². The molecule has 1 aliphatic carbocycles. The van der Waals surface area contributed by atoms with Gasteiger partial charge in [-0.25, -0.2) is 0 Å². The second kappa shape index (κ2) is 3.86. The van der Waals surface area contributed by atoms with E-state index in [4.69, 9.17) is 4.42 Å². The van der Waals surface area contributed by atoms with Crippen LogP contribution in [0.2, 0.25) is 0 Å². The van der Waals surface area contributed by atoms with Gasteiger partial charge in [-0.2, -0.15) is 0 Å². The zero-order valence-electron chi connectivity index (χ0n) is 9.76. The van der Waals surface area contributed by atoms with E-state index >= 15 is 0 Å². The second-order valence-corrected chi connectivity index (χ2v) is 4.91. The zero-order valence-corrected chi connectivity index (χ0v) is 9.76. The lowest BCUT2D eigenvalue weighted by Gasteiger charge is -2.14. The van der Waals surface area contributed by atoms with Gasteiger partial charge in [-0.1, -0.05) is 18.2 Å². The topological polar surface area (TPSA) is 53.6 Å². The van der Waals surface area contributed by atoms with Crippen LogP contribution < -0.4 is 0 Å². The largest absolute Gasteiger partial charge is 0.458 e. The summed E-state index contributed by atoms with van der Waals surface area (Å²) in [6, 6.07) is 7.70. The third kappa shape index (κ3) is 1.85. The molecular formula is C14H16O3. The van der Waals surface area contributed by atoms with Crippen molar-refractivity contribution in [3.05, 3.63) is 35.6 Å². The molecule has 0 aliphatic heterocycles. The molecule has 17 heavy (non-hydrogen) atoms. The Morgan fingerprint density at radius 2 is 2.06 bits per heavy atom. The monoisotopic (exact) mass is 232 g/mol. The van der Waals surface area contributed by atoms with Crippen LogP contribution in [0.15, 0.2) is 28.7 Å². The van der Waals surface area contributed by atoms with Crippen LogP contribution in [0.25, 0.3) is 11.0 Å². The van der Waals surface area contributed by atoms with E-state index in [1.165, 1.54) is 0 Å². The summed E-state index contributed by atoms with van der Waals surface area (Å²) in [4.78, 5) is 0. The molecule has 3 nitrogen and oxygen atoms in total. The van der Waals surface area contributed by atoms with E-state index < -0.39 is 12.2 Å². The molecular weight excluding hydrogens is 216 g/mol. The number of hydrogen-bond donors (Lipinski definition) is 2. The lowest BCUT2D eigenvalue weighted by molar-refractivity contribution is -0.00634. The van der Waals surface area contributed by atoms with Gasteiger partial charge < -0.3 is 14.6 Å². The molecule has 1 aromatic heterocycles. The Kier molecular flexibility index (Phi) is 2.45. The summed E-state index contributed by atoms with van der Waals surface area (Å²) >= 11 is 0. The lowest BCUT2D eigenvalue weighted by Crippen LogP contribution is -2.19. The Balaban J connectivity index is 1.97. The molecule has 2 unspecified atom stereocenters. The van der Waals surface area contributed by atoms with E-state index in [1.807, 2.05) is 31.2 Å². The van der Waals surface area contributed by atoms with Crippen LogP contribution in [0.4, 0.5) is 0 Å². The van der Waals surface area contributed by atoms with E-state index in [9.17, 15) is 10.2 Å². The maximum Gasteiger partial charge on any atom is 0.138 e. The number of hydrogen-bond acceptors (Lipinski definition) is 3. The number of furan rings is 1. The SMILES string of the molecule is Cc1cccc2cc(C(O)C(O)C3CC3)oc12. The fraction of sp³-hybridized carbons (Fsp3) is 0.429. The molecule has 2 N–H and O–H groups in total. The number of para-hydroxylation sites is 1. The number of aliphatic hydroxyl groups excluding tert-OH is 2. The maximum atomic E-state index is 10.0. The molecule has 1 heterocycles. The van der Waals surface area contributed by atoms with Gasteiger partial charge in [0.25, 0.3) is 0 Å². The summed E-state index contributed by atoms with van der Waals surface area (Å²) in [6.45, 7) is 1.97. The van der Waals surface area contributed by atoms with Crippen molar-refractivity contribution < 1.29 is 14.6 Å². The highest BCUT2D eigenvalue weighted by Gasteiger charge is 2.36. The minimum atomic E-state index is -0.908. The molecule has 0 radical (unpaired) electrons. The zero-order chi connectivity index (χ0) is 12.0. The number of fused-ring (bicyclic) bond motifs is 1. The van der Waals surface area contributed by atoms with Crippen LogP contribution in [0.5, 0.6) is 0 Å². The Labute approximate surface area is 99.7 Å². The summed E-state index contributed by atoms with van der Waals surface area (Å²) in [7, 11) is 0. The van der Waals surface area contributed by atoms with Gasteiger partial charge in [-0.05, 0) is 37.3 Å². The van der Waals surface area contributed by atoms with Gasteiger partial charge in [0, 0.05) is 5.39 Å². The van der Waals surface area contributed by atoms with Gasteiger partial charge in [0.15, 0.2) is 0 Å². The highest BCUT2D eigenvalue weighted by atomic mass is 16.4. The lowest BCUT2D eigenvalue weighted by atomic mass is 10.1. The Bertz CT molecular complexity index is 539. The number of aliphatic hydroxyl groups is 2. The van der Waals surface area contributed by atoms with Gasteiger partial charge in [-0.15, -0.1) is 0 Å². The van der Waals surface area contributed by atoms with Gasteiger partial charge >= 0.3 is 0 Å². The highest BCUT2D eigenvalue weighted by Crippen LogP contribution is 2.39. The molecule has 1 aliphatic rings.